The van der Waals surface area contributed by atoms with E-state index >= 15 is 0 Å². The van der Waals surface area contributed by atoms with Gasteiger partial charge in [-0.25, -0.2) is 4.79 Å². The molecule has 0 aliphatic carbocycles. The van der Waals surface area contributed by atoms with Crippen molar-refractivity contribution >= 4 is 23.4 Å². The Kier molecular flexibility index (Phi) is 5.55. The van der Waals surface area contributed by atoms with Crippen LogP contribution in [0.1, 0.15) is 22.8 Å². The van der Waals surface area contributed by atoms with Gasteiger partial charge in [-0.2, -0.15) is 0 Å². The quantitative estimate of drug-likeness (QED) is 0.604. The second-order valence-electron chi connectivity index (χ2n) is 4.43. The van der Waals surface area contributed by atoms with Crippen LogP contribution in [-0.4, -0.2) is 25.0 Å². The van der Waals surface area contributed by atoms with Crippen LogP contribution in [-0.2, 0) is 9.53 Å². The molecule has 0 N–H and O–H groups in total. The monoisotopic (exact) mass is 318 g/mol. The zero-order chi connectivity index (χ0) is 15.9. The predicted molar refractivity (Wildman–Crippen MR) is 83.5 cm³/mol. The van der Waals surface area contributed by atoms with Crippen molar-refractivity contribution in [1.29, 1.82) is 0 Å². The molecule has 2 aromatic carbocycles. The Labute approximate surface area is 133 Å². The van der Waals surface area contributed by atoms with Gasteiger partial charge in [-0.05, 0) is 25.1 Å². The lowest BCUT2D eigenvalue weighted by Gasteiger charge is -2.11. The van der Waals surface area contributed by atoms with E-state index in [1.165, 1.54) is 6.07 Å². The summed E-state index contributed by atoms with van der Waals surface area (Å²) in [5.41, 5.74) is 0.828. The molecule has 0 saturated heterocycles. The molecule has 2 aromatic rings. The zero-order valence-corrected chi connectivity index (χ0v) is 12.8. The van der Waals surface area contributed by atoms with Crippen LogP contribution in [0.3, 0.4) is 0 Å². The van der Waals surface area contributed by atoms with Crippen LogP contribution in [0, 0.1) is 0 Å². The Hall–Kier alpha value is -2.33. The molecule has 114 valence electrons. The Morgan fingerprint density at radius 3 is 2.50 bits per heavy atom. The minimum atomic E-state index is -0.490. The number of benzene rings is 2. The summed E-state index contributed by atoms with van der Waals surface area (Å²) in [6.07, 6.45) is 0. The number of hydrogen-bond donors (Lipinski definition) is 0. The number of rotatable bonds is 6. The van der Waals surface area contributed by atoms with E-state index < -0.39 is 5.97 Å². The third kappa shape index (κ3) is 4.09. The first-order valence-corrected chi connectivity index (χ1v) is 7.17. The van der Waals surface area contributed by atoms with Crippen LogP contribution in [0.4, 0.5) is 0 Å². The molecule has 0 aromatic heterocycles. The van der Waals surface area contributed by atoms with Crippen LogP contribution >= 0.6 is 11.6 Å². The zero-order valence-electron chi connectivity index (χ0n) is 12.0. The summed E-state index contributed by atoms with van der Waals surface area (Å²) in [4.78, 5) is 23.9. The molecule has 22 heavy (non-hydrogen) atoms. The maximum absolute atomic E-state index is 12.5. The summed E-state index contributed by atoms with van der Waals surface area (Å²) in [5.74, 6) is -0.413. The Balaban J connectivity index is 2.24. The highest BCUT2D eigenvalue weighted by Crippen LogP contribution is 2.25. The average molecular weight is 319 g/mol. The molecular weight excluding hydrogens is 304 g/mol. The van der Waals surface area contributed by atoms with Crippen molar-refractivity contribution in [2.45, 2.75) is 6.92 Å². The van der Waals surface area contributed by atoms with E-state index in [2.05, 4.69) is 0 Å². The van der Waals surface area contributed by atoms with Crippen molar-refractivity contribution in [1.82, 2.24) is 0 Å². The molecule has 0 spiro atoms. The number of carbonyl (C=O) groups is 2. The van der Waals surface area contributed by atoms with E-state index in [1.807, 2.05) is 6.07 Å². The van der Waals surface area contributed by atoms with E-state index in [-0.39, 0.29) is 19.0 Å². The number of carbonyl (C=O) groups excluding carboxylic acids is 2. The molecule has 0 aliphatic rings. The fourth-order valence-corrected chi connectivity index (χ4v) is 2.06. The summed E-state index contributed by atoms with van der Waals surface area (Å²) < 4.78 is 10.2. The normalized spacial score (nSPS) is 10.1. The minimum Gasteiger partial charge on any atom is -0.481 e. The van der Waals surface area contributed by atoms with Crippen molar-refractivity contribution in [3.05, 3.63) is 64.7 Å². The van der Waals surface area contributed by atoms with Gasteiger partial charge < -0.3 is 9.47 Å². The standard InChI is InChI=1S/C17H15ClO4/c1-2-21-16(19)11-22-15-9-8-13(18)10-14(15)17(20)12-6-4-3-5-7-12/h3-10H,2,11H2,1H3. The van der Waals surface area contributed by atoms with E-state index in [1.54, 1.807) is 43.3 Å². The maximum atomic E-state index is 12.5. The highest BCUT2D eigenvalue weighted by atomic mass is 35.5. The van der Waals surface area contributed by atoms with Gasteiger partial charge >= 0.3 is 5.97 Å². The molecule has 0 aliphatic heterocycles. The SMILES string of the molecule is CCOC(=O)COc1ccc(Cl)cc1C(=O)c1ccccc1. The van der Waals surface area contributed by atoms with Gasteiger partial charge in [-0.1, -0.05) is 41.9 Å². The van der Waals surface area contributed by atoms with E-state index in [0.717, 1.165) is 0 Å². The van der Waals surface area contributed by atoms with Crippen molar-refractivity contribution < 1.29 is 19.1 Å². The lowest BCUT2D eigenvalue weighted by atomic mass is 10.0. The molecule has 0 saturated carbocycles. The van der Waals surface area contributed by atoms with Gasteiger partial charge in [0.05, 0.1) is 12.2 Å². The van der Waals surface area contributed by atoms with Crippen molar-refractivity contribution in [3.8, 4) is 5.75 Å². The van der Waals surface area contributed by atoms with Crippen LogP contribution < -0.4 is 4.74 Å². The van der Waals surface area contributed by atoms with Gasteiger partial charge in [0.25, 0.3) is 0 Å². The first-order chi connectivity index (χ1) is 10.6. The molecule has 0 heterocycles. The summed E-state index contributed by atoms with van der Waals surface area (Å²) in [7, 11) is 0. The molecule has 0 radical (unpaired) electrons. The van der Waals surface area contributed by atoms with Crippen LogP contribution in [0.5, 0.6) is 5.75 Å². The third-order valence-electron chi connectivity index (χ3n) is 2.87. The topological polar surface area (TPSA) is 52.6 Å². The molecule has 0 unspecified atom stereocenters. The lowest BCUT2D eigenvalue weighted by Crippen LogP contribution is -2.16. The number of hydrogen-bond acceptors (Lipinski definition) is 4. The van der Waals surface area contributed by atoms with E-state index in [4.69, 9.17) is 21.1 Å². The summed E-state index contributed by atoms with van der Waals surface area (Å²) in [6.45, 7) is 1.73. The molecule has 4 nitrogen and oxygen atoms in total. The smallest absolute Gasteiger partial charge is 0.344 e. The number of ketones is 1. The highest BCUT2D eigenvalue weighted by molar-refractivity contribution is 6.31. The number of ether oxygens (including phenoxy) is 2. The van der Waals surface area contributed by atoms with Crippen LogP contribution in [0.2, 0.25) is 5.02 Å². The first-order valence-electron chi connectivity index (χ1n) is 6.79. The van der Waals surface area contributed by atoms with Gasteiger partial charge in [0, 0.05) is 10.6 Å². The molecular formula is C17H15ClO4. The molecule has 0 fully saturated rings. The van der Waals surface area contributed by atoms with Gasteiger partial charge in [0.2, 0.25) is 0 Å². The largest absolute Gasteiger partial charge is 0.481 e. The Bertz CT molecular complexity index is 668. The first kappa shape index (κ1) is 16.0. The van der Waals surface area contributed by atoms with Gasteiger partial charge in [-0.15, -0.1) is 0 Å². The molecule has 0 amide bonds. The van der Waals surface area contributed by atoms with Gasteiger partial charge in [-0.3, -0.25) is 4.79 Å². The lowest BCUT2D eigenvalue weighted by molar-refractivity contribution is -0.145. The average Bonchev–Trinajstić information content (AvgIpc) is 2.54. The van der Waals surface area contributed by atoms with Crippen LogP contribution in [0.15, 0.2) is 48.5 Å². The summed E-state index contributed by atoms with van der Waals surface area (Å²) >= 11 is 5.96. The molecule has 5 heteroatoms. The Morgan fingerprint density at radius 1 is 1.09 bits per heavy atom. The van der Waals surface area contributed by atoms with Crippen molar-refractivity contribution in [2.75, 3.05) is 13.2 Å². The summed E-state index contributed by atoms with van der Waals surface area (Å²) in [5, 5.41) is 0.419. The number of halogens is 1. The second-order valence-corrected chi connectivity index (χ2v) is 4.87. The van der Waals surface area contributed by atoms with Gasteiger partial charge in [0.1, 0.15) is 5.75 Å². The third-order valence-corrected chi connectivity index (χ3v) is 3.11. The Morgan fingerprint density at radius 2 is 1.82 bits per heavy atom. The predicted octanol–water partition coefficient (Wildman–Crippen LogP) is 3.51. The highest BCUT2D eigenvalue weighted by Gasteiger charge is 2.16. The van der Waals surface area contributed by atoms with Crippen molar-refractivity contribution in [2.24, 2.45) is 0 Å². The van der Waals surface area contributed by atoms with Crippen LogP contribution in [0.25, 0.3) is 0 Å². The maximum Gasteiger partial charge on any atom is 0.344 e. The molecule has 2 rings (SSSR count). The number of esters is 1. The molecule has 0 atom stereocenters. The minimum absolute atomic E-state index is 0.220. The fourth-order valence-electron chi connectivity index (χ4n) is 1.89. The van der Waals surface area contributed by atoms with Gasteiger partial charge in [0.15, 0.2) is 12.4 Å². The van der Waals surface area contributed by atoms with E-state index in [0.29, 0.717) is 21.9 Å². The summed E-state index contributed by atoms with van der Waals surface area (Å²) in [6, 6.07) is 13.5. The fraction of sp³-hybridized carbons (Fsp3) is 0.176. The van der Waals surface area contributed by atoms with Crippen molar-refractivity contribution in [3.63, 3.8) is 0 Å². The molecule has 0 bridgehead atoms. The second kappa shape index (κ2) is 7.61. The van der Waals surface area contributed by atoms with E-state index in [9.17, 15) is 9.59 Å².